The van der Waals surface area contributed by atoms with Crippen molar-refractivity contribution in [2.24, 2.45) is 5.92 Å². The van der Waals surface area contributed by atoms with Crippen LogP contribution in [0.3, 0.4) is 0 Å². The van der Waals surface area contributed by atoms with Crippen LogP contribution in [0.4, 0.5) is 0 Å². The minimum Gasteiger partial charge on any atom is -0.340 e. The van der Waals surface area contributed by atoms with Gasteiger partial charge < -0.3 is 4.90 Å². The molecule has 0 aliphatic carbocycles. The predicted octanol–water partition coefficient (Wildman–Crippen LogP) is 1.29. The van der Waals surface area contributed by atoms with Gasteiger partial charge in [0.2, 0.25) is 5.91 Å². The number of nitrogens with zero attached hydrogens (tertiary/aromatic N) is 4. The van der Waals surface area contributed by atoms with Crippen LogP contribution in [0.25, 0.3) is 0 Å². The number of piperazine rings is 1. The quantitative estimate of drug-likeness (QED) is 0.831. The Bertz CT molecular complexity index is 410. The number of carbonyl (C=O) groups excluding carboxylic acids is 1. The van der Waals surface area contributed by atoms with Gasteiger partial charge in [-0.25, -0.2) is 0 Å². The first-order valence-electron chi connectivity index (χ1n) is 6.25. The molecule has 5 nitrogen and oxygen atoms in total. The average molecular weight is 271 g/mol. The number of rotatable bonds is 3. The third kappa shape index (κ3) is 3.23. The zero-order valence-corrected chi connectivity index (χ0v) is 11.6. The molecule has 0 unspecified atom stereocenters. The lowest BCUT2D eigenvalue weighted by Crippen LogP contribution is -2.50. The van der Waals surface area contributed by atoms with Crippen molar-refractivity contribution in [3.8, 4) is 0 Å². The normalized spacial score (nSPS) is 17.4. The van der Waals surface area contributed by atoms with E-state index in [-0.39, 0.29) is 11.8 Å². The van der Waals surface area contributed by atoms with Crippen LogP contribution >= 0.6 is 11.6 Å². The second kappa shape index (κ2) is 5.71. The molecule has 6 heteroatoms. The van der Waals surface area contributed by atoms with E-state index < -0.39 is 0 Å². The maximum Gasteiger partial charge on any atom is 0.225 e. The molecule has 1 aromatic heterocycles. The molecule has 0 bridgehead atoms. The van der Waals surface area contributed by atoms with Gasteiger partial charge in [0.05, 0.1) is 17.9 Å². The van der Waals surface area contributed by atoms with E-state index in [0.29, 0.717) is 5.02 Å². The standard InChI is InChI=1S/C12H19ClN4O/c1-10(2)12(18)16-5-3-15(4-6-16)9-17-8-11(13)7-14-17/h7-8,10H,3-6,9H2,1-2H3. The van der Waals surface area contributed by atoms with Crippen LogP contribution in [0.15, 0.2) is 12.4 Å². The highest BCUT2D eigenvalue weighted by Gasteiger charge is 2.22. The van der Waals surface area contributed by atoms with Crippen molar-refractivity contribution in [2.75, 3.05) is 26.2 Å². The smallest absolute Gasteiger partial charge is 0.225 e. The second-order valence-corrected chi connectivity index (χ2v) is 5.37. The van der Waals surface area contributed by atoms with Crippen LogP contribution in [0.5, 0.6) is 0 Å². The summed E-state index contributed by atoms with van der Waals surface area (Å²) in [7, 11) is 0. The molecular formula is C12H19ClN4O. The van der Waals surface area contributed by atoms with Crippen LogP contribution in [0, 0.1) is 5.92 Å². The Balaban J connectivity index is 1.82. The zero-order chi connectivity index (χ0) is 13.1. The van der Waals surface area contributed by atoms with E-state index in [1.54, 1.807) is 6.20 Å². The van der Waals surface area contributed by atoms with Gasteiger partial charge in [0.1, 0.15) is 0 Å². The SMILES string of the molecule is CC(C)C(=O)N1CCN(Cn2cc(Cl)cn2)CC1. The summed E-state index contributed by atoms with van der Waals surface area (Å²) >= 11 is 5.82. The minimum atomic E-state index is 0.0847. The molecule has 2 heterocycles. The number of amides is 1. The first-order chi connectivity index (χ1) is 8.56. The third-order valence-corrected chi connectivity index (χ3v) is 3.32. The van der Waals surface area contributed by atoms with Crippen molar-refractivity contribution in [3.05, 3.63) is 17.4 Å². The maximum atomic E-state index is 11.8. The summed E-state index contributed by atoms with van der Waals surface area (Å²) in [4.78, 5) is 16.1. The van der Waals surface area contributed by atoms with Crippen LogP contribution in [0.2, 0.25) is 5.02 Å². The molecule has 0 aromatic carbocycles. The van der Waals surface area contributed by atoms with Gasteiger partial charge in [0.25, 0.3) is 0 Å². The summed E-state index contributed by atoms with van der Waals surface area (Å²) in [5.41, 5.74) is 0. The van der Waals surface area contributed by atoms with Crippen molar-refractivity contribution < 1.29 is 4.79 Å². The van der Waals surface area contributed by atoms with Crippen molar-refractivity contribution in [1.29, 1.82) is 0 Å². The summed E-state index contributed by atoms with van der Waals surface area (Å²) in [6.07, 6.45) is 3.45. The Morgan fingerprint density at radius 1 is 1.39 bits per heavy atom. The van der Waals surface area contributed by atoms with Crippen LogP contribution in [0.1, 0.15) is 13.8 Å². The first-order valence-corrected chi connectivity index (χ1v) is 6.63. The summed E-state index contributed by atoms with van der Waals surface area (Å²) in [6.45, 7) is 7.99. The molecule has 0 N–H and O–H groups in total. The maximum absolute atomic E-state index is 11.8. The van der Waals surface area contributed by atoms with E-state index in [1.807, 2.05) is 29.6 Å². The van der Waals surface area contributed by atoms with E-state index in [2.05, 4.69) is 10.00 Å². The molecule has 0 radical (unpaired) electrons. The molecule has 0 saturated carbocycles. The fourth-order valence-corrected chi connectivity index (χ4v) is 2.25. The van der Waals surface area contributed by atoms with Crippen molar-refractivity contribution in [1.82, 2.24) is 19.6 Å². The average Bonchev–Trinajstić information content (AvgIpc) is 2.75. The Kier molecular flexibility index (Phi) is 4.24. The van der Waals surface area contributed by atoms with Gasteiger partial charge in [-0.05, 0) is 0 Å². The Hall–Kier alpha value is -1.07. The van der Waals surface area contributed by atoms with E-state index in [0.717, 1.165) is 32.8 Å². The number of hydrogen-bond donors (Lipinski definition) is 0. The highest BCUT2D eigenvalue weighted by molar-refractivity contribution is 6.30. The number of aromatic nitrogens is 2. The molecule has 1 fully saturated rings. The third-order valence-electron chi connectivity index (χ3n) is 3.12. The van der Waals surface area contributed by atoms with Crippen LogP contribution in [-0.2, 0) is 11.5 Å². The summed E-state index contributed by atoms with van der Waals surface area (Å²) in [5.74, 6) is 0.332. The first kappa shape index (κ1) is 13.4. The lowest BCUT2D eigenvalue weighted by Gasteiger charge is -2.35. The largest absolute Gasteiger partial charge is 0.340 e. The molecule has 100 valence electrons. The van der Waals surface area contributed by atoms with Crippen molar-refractivity contribution in [3.63, 3.8) is 0 Å². The minimum absolute atomic E-state index is 0.0847. The topological polar surface area (TPSA) is 41.4 Å². The second-order valence-electron chi connectivity index (χ2n) is 4.94. The van der Waals surface area contributed by atoms with Crippen LogP contribution < -0.4 is 0 Å². The molecule has 1 amide bonds. The number of carbonyl (C=O) groups is 1. The van der Waals surface area contributed by atoms with Gasteiger partial charge in [-0.1, -0.05) is 25.4 Å². The Labute approximate surface area is 112 Å². The van der Waals surface area contributed by atoms with Crippen molar-refractivity contribution >= 4 is 17.5 Å². The van der Waals surface area contributed by atoms with Gasteiger partial charge in [0, 0.05) is 38.3 Å². The molecule has 2 rings (SSSR count). The van der Waals surface area contributed by atoms with Crippen molar-refractivity contribution in [2.45, 2.75) is 20.5 Å². The van der Waals surface area contributed by atoms with Gasteiger partial charge in [0.15, 0.2) is 0 Å². The molecule has 0 atom stereocenters. The predicted molar refractivity (Wildman–Crippen MR) is 70.2 cm³/mol. The lowest BCUT2D eigenvalue weighted by atomic mass is 10.1. The van der Waals surface area contributed by atoms with E-state index in [9.17, 15) is 4.79 Å². The van der Waals surface area contributed by atoms with Gasteiger partial charge in [-0.3, -0.25) is 14.4 Å². The molecular weight excluding hydrogens is 252 g/mol. The summed E-state index contributed by atoms with van der Waals surface area (Å²) in [5, 5.41) is 4.81. The molecule has 1 aliphatic rings. The molecule has 1 aliphatic heterocycles. The number of halogens is 1. The van der Waals surface area contributed by atoms with Gasteiger partial charge in [-0.15, -0.1) is 0 Å². The zero-order valence-electron chi connectivity index (χ0n) is 10.8. The molecule has 1 aromatic rings. The molecule has 0 spiro atoms. The van der Waals surface area contributed by atoms with E-state index >= 15 is 0 Å². The molecule has 1 saturated heterocycles. The van der Waals surface area contributed by atoms with E-state index in [4.69, 9.17) is 11.6 Å². The Morgan fingerprint density at radius 2 is 2.06 bits per heavy atom. The van der Waals surface area contributed by atoms with E-state index in [1.165, 1.54) is 0 Å². The van der Waals surface area contributed by atoms with Crippen LogP contribution in [-0.4, -0.2) is 51.7 Å². The fourth-order valence-electron chi connectivity index (χ4n) is 2.10. The fraction of sp³-hybridized carbons (Fsp3) is 0.667. The monoisotopic (exact) mass is 270 g/mol. The Morgan fingerprint density at radius 3 is 2.56 bits per heavy atom. The van der Waals surface area contributed by atoms with Gasteiger partial charge >= 0.3 is 0 Å². The molecule has 18 heavy (non-hydrogen) atoms. The highest BCUT2D eigenvalue weighted by Crippen LogP contribution is 2.09. The van der Waals surface area contributed by atoms with Gasteiger partial charge in [-0.2, -0.15) is 5.10 Å². The lowest BCUT2D eigenvalue weighted by molar-refractivity contribution is -0.136. The highest BCUT2D eigenvalue weighted by atomic mass is 35.5. The summed E-state index contributed by atoms with van der Waals surface area (Å²) < 4.78 is 1.82. The number of hydrogen-bond acceptors (Lipinski definition) is 3. The summed E-state index contributed by atoms with van der Waals surface area (Å²) in [6, 6.07) is 0.